The molecule has 2 aromatic carbocycles. The second kappa shape index (κ2) is 8.01. The fourth-order valence-electron chi connectivity index (χ4n) is 1.85. The van der Waals surface area contributed by atoms with Gasteiger partial charge in [0.1, 0.15) is 11.6 Å². The van der Waals surface area contributed by atoms with E-state index in [2.05, 4.69) is 0 Å². The van der Waals surface area contributed by atoms with Gasteiger partial charge >= 0.3 is 0 Å². The molecule has 0 atom stereocenters. The first-order valence-corrected chi connectivity index (χ1v) is 10.5. The summed E-state index contributed by atoms with van der Waals surface area (Å²) >= 11 is 0. The zero-order valence-electron chi connectivity index (χ0n) is 14.6. The van der Waals surface area contributed by atoms with Gasteiger partial charge in [0.25, 0.3) is 20.2 Å². The van der Waals surface area contributed by atoms with Crippen molar-refractivity contribution in [3.05, 3.63) is 60.2 Å². The van der Waals surface area contributed by atoms with E-state index in [4.69, 9.17) is 8.37 Å². The summed E-state index contributed by atoms with van der Waals surface area (Å²) in [5, 5.41) is 0. The van der Waals surface area contributed by atoms with Crippen LogP contribution in [0.4, 0.5) is 8.78 Å². The normalized spacial score (nSPS) is 12.9. The van der Waals surface area contributed by atoms with Crippen molar-refractivity contribution in [2.24, 2.45) is 5.41 Å². The number of hydrogen-bond donors (Lipinski definition) is 0. The molecule has 0 aliphatic heterocycles. The summed E-state index contributed by atoms with van der Waals surface area (Å²) in [6.07, 6.45) is 0. The molecule has 148 valence electrons. The molecule has 0 unspecified atom stereocenters. The van der Waals surface area contributed by atoms with Crippen LogP contribution in [0.1, 0.15) is 13.8 Å². The highest BCUT2D eigenvalue weighted by Gasteiger charge is 2.27. The molecule has 0 heterocycles. The third-order valence-corrected chi connectivity index (χ3v) is 5.97. The molecule has 6 nitrogen and oxygen atoms in total. The van der Waals surface area contributed by atoms with Gasteiger partial charge in [-0.15, -0.1) is 0 Å². The van der Waals surface area contributed by atoms with Gasteiger partial charge < -0.3 is 0 Å². The number of benzene rings is 2. The Morgan fingerprint density at radius 1 is 0.704 bits per heavy atom. The van der Waals surface area contributed by atoms with E-state index in [1.54, 1.807) is 13.8 Å². The molecule has 0 N–H and O–H groups in total. The largest absolute Gasteiger partial charge is 0.296 e. The third kappa shape index (κ3) is 6.06. The molecule has 0 bridgehead atoms. The van der Waals surface area contributed by atoms with Gasteiger partial charge in [0.15, 0.2) is 0 Å². The Kier molecular flexibility index (Phi) is 6.35. The van der Waals surface area contributed by atoms with Crippen molar-refractivity contribution in [3.63, 3.8) is 0 Å². The molecular weight excluding hydrogens is 402 g/mol. The summed E-state index contributed by atoms with van der Waals surface area (Å²) in [5.74, 6) is -1.18. The van der Waals surface area contributed by atoms with Gasteiger partial charge in [0.05, 0.1) is 23.0 Å². The van der Waals surface area contributed by atoms with Crippen LogP contribution in [0, 0.1) is 17.0 Å². The highest BCUT2D eigenvalue weighted by Crippen LogP contribution is 2.23. The van der Waals surface area contributed by atoms with E-state index < -0.39 is 37.3 Å². The second-order valence-corrected chi connectivity index (χ2v) is 9.74. The summed E-state index contributed by atoms with van der Waals surface area (Å²) in [4.78, 5) is -0.445. The topological polar surface area (TPSA) is 86.7 Å². The summed E-state index contributed by atoms with van der Waals surface area (Å²) in [5.41, 5.74) is -0.986. The van der Waals surface area contributed by atoms with Crippen LogP contribution in [0.15, 0.2) is 58.3 Å². The van der Waals surface area contributed by atoms with Crippen LogP contribution in [-0.4, -0.2) is 30.0 Å². The van der Waals surface area contributed by atoms with Gasteiger partial charge in [-0.1, -0.05) is 13.8 Å². The van der Waals surface area contributed by atoms with Crippen LogP contribution in [0.25, 0.3) is 0 Å². The maximum atomic E-state index is 12.9. The minimum Gasteiger partial charge on any atom is -0.266 e. The summed E-state index contributed by atoms with van der Waals surface area (Å²) in [6, 6.07) is 8.19. The number of rotatable bonds is 8. The molecule has 0 aliphatic carbocycles. The van der Waals surface area contributed by atoms with Crippen molar-refractivity contribution >= 4 is 20.2 Å². The average molecular weight is 420 g/mol. The predicted molar refractivity (Wildman–Crippen MR) is 92.9 cm³/mol. The summed E-state index contributed by atoms with van der Waals surface area (Å²) < 4.78 is 84.1. The fourth-order valence-corrected chi connectivity index (χ4v) is 4.01. The maximum Gasteiger partial charge on any atom is 0.296 e. The lowest BCUT2D eigenvalue weighted by Crippen LogP contribution is -2.28. The Morgan fingerprint density at radius 3 is 1.30 bits per heavy atom. The van der Waals surface area contributed by atoms with Crippen LogP contribution in [0.5, 0.6) is 0 Å². The van der Waals surface area contributed by atoms with E-state index in [1.807, 2.05) is 0 Å². The number of halogens is 2. The molecule has 0 radical (unpaired) electrons. The monoisotopic (exact) mass is 420 g/mol. The minimum atomic E-state index is -4.13. The molecule has 0 saturated carbocycles. The number of hydrogen-bond acceptors (Lipinski definition) is 6. The molecule has 0 amide bonds. The zero-order chi connectivity index (χ0) is 20.3. The molecule has 10 heteroatoms. The van der Waals surface area contributed by atoms with Gasteiger partial charge in [-0.05, 0) is 48.5 Å². The Labute approximate surface area is 157 Å². The Morgan fingerprint density at radius 2 is 1.00 bits per heavy atom. The minimum absolute atomic E-state index is 0.223. The zero-order valence-corrected chi connectivity index (χ0v) is 16.2. The van der Waals surface area contributed by atoms with Crippen LogP contribution in [-0.2, 0) is 28.6 Å². The Balaban J connectivity index is 2.00. The van der Waals surface area contributed by atoms with Crippen molar-refractivity contribution in [1.82, 2.24) is 0 Å². The first-order chi connectivity index (χ1) is 12.4. The van der Waals surface area contributed by atoms with Crippen molar-refractivity contribution < 1.29 is 34.0 Å². The van der Waals surface area contributed by atoms with Crippen molar-refractivity contribution in [1.29, 1.82) is 0 Å². The van der Waals surface area contributed by atoms with E-state index in [1.165, 1.54) is 0 Å². The molecule has 0 spiro atoms. The van der Waals surface area contributed by atoms with Gasteiger partial charge in [-0.3, -0.25) is 8.37 Å². The van der Waals surface area contributed by atoms with Gasteiger partial charge in [-0.2, -0.15) is 16.8 Å². The summed E-state index contributed by atoms with van der Waals surface area (Å²) in [7, 11) is -8.27. The van der Waals surface area contributed by atoms with E-state index in [0.29, 0.717) is 0 Å². The van der Waals surface area contributed by atoms with Gasteiger partial charge in [0, 0.05) is 5.41 Å². The van der Waals surface area contributed by atoms with Crippen molar-refractivity contribution in [3.8, 4) is 0 Å². The van der Waals surface area contributed by atoms with Crippen molar-refractivity contribution in [2.75, 3.05) is 13.2 Å². The Bertz CT molecular complexity index is 901. The summed E-state index contributed by atoms with van der Waals surface area (Å²) in [6.45, 7) is 2.36. The molecule has 0 aromatic heterocycles. The van der Waals surface area contributed by atoms with Gasteiger partial charge in [-0.25, -0.2) is 8.78 Å². The van der Waals surface area contributed by atoms with Crippen LogP contribution < -0.4 is 0 Å². The maximum absolute atomic E-state index is 12.9. The third-order valence-electron chi connectivity index (χ3n) is 3.41. The Hall–Kier alpha value is -1.88. The standard InChI is InChI=1S/C17H18F2O6S2/c1-17(2,11-24-26(20,21)15-7-3-13(18)4-8-15)12-25-27(22,23)16-9-5-14(19)6-10-16/h3-10H,11-12H2,1-2H3. The van der Waals surface area contributed by atoms with Crippen LogP contribution in [0.3, 0.4) is 0 Å². The smallest absolute Gasteiger partial charge is 0.266 e. The molecular formula is C17H18F2O6S2. The molecule has 2 rings (SSSR count). The highest BCUT2D eigenvalue weighted by molar-refractivity contribution is 7.87. The SMILES string of the molecule is CC(C)(COS(=O)(=O)c1ccc(F)cc1)COS(=O)(=O)c1ccc(F)cc1. The van der Waals surface area contributed by atoms with E-state index in [9.17, 15) is 25.6 Å². The van der Waals surface area contributed by atoms with Gasteiger partial charge in [0.2, 0.25) is 0 Å². The fraction of sp³-hybridized carbons (Fsp3) is 0.294. The molecule has 2 aromatic rings. The lowest BCUT2D eigenvalue weighted by atomic mass is 9.97. The lowest BCUT2D eigenvalue weighted by molar-refractivity contribution is 0.117. The molecule has 0 aliphatic rings. The first kappa shape index (κ1) is 21.4. The molecule has 0 saturated heterocycles. The van der Waals surface area contributed by atoms with Crippen LogP contribution >= 0.6 is 0 Å². The lowest BCUT2D eigenvalue weighted by Gasteiger charge is -2.23. The second-order valence-electron chi connectivity index (χ2n) is 6.50. The quantitative estimate of drug-likeness (QED) is 0.610. The first-order valence-electron chi connectivity index (χ1n) is 7.71. The highest BCUT2D eigenvalue weighted by atomic mass is 32.2. The van der Waals surface area contributed by atoms with Crippen molar-refractivity contribution in [2.45, 2.75) is 23.6 Å². The van der Waals surface area contributed by atoms with E-state index in [0.717, 1.165) is 48.5 Å². The van der Waals surface area contributed by atoms with E-state index in [-0.39, 0.29) is 23.0 Å². The molecule has 27 heavy (non-hydrogen) atoms. The van der Waals surface area contributed by atoms with E-state index >= 15 is 0 Å². The average Bonchev–Trinajstić information content (AvgIpc) is 2.60. The van der Waals surface area contributed by atoms with Crippen LogP contribution in [0.2, 0.25) is 0 Å². The predicted octanol–water partition coefficient (Wildman–Crippen LogP) is 3.10. The molecule has 0 fully saturated rings.